The minimum atomic E-state index is 0.258. The Kier molecular flexibility index (Phi) is 3.70. The summed E-state index contributed by atoms with van der Waals surface area (Å²) >= 11 is 0. The van der Waals surface area contributed by atoms with E-state index >= 15 is 0 Å². The Hall–Kier alpha value is -1.87. The molecule has 1 heterocycles. The Morgan fingerprint density at radius 1 is 1.10 bits per heavy atom. The average Bonchev–Trinajstić information content (AvgIpc) is 2.48. The number of nitrogens with one attached hydrogen (secondary N) is 1. The maximum atomic E-state index is 12.4. The molecule has 3 nitrogen and oxygen atoms in total. The summed E-state index contributed by atoms with van der Waals surface area (Å²) in [5, 5.41) is 2.41. The highest BCUT2D eigenvalue weighted by Gasteiger charge is 2.21. The highest BCUT2D eigenvalue weighted by atomic mass is 16.2. The molecule has 1 saturated heterocycles. The van der Waals surface area contributed by atoms with E-state index in [0.29, 0.717) is 6.42 Å². The van der Waals surface area contributed by atoms with Gasteiger partial charge in [0.2, 0.25) is 5.91 Å². The van der Waals surface area contributed by atoms with Crippen LogP contribution in [0.15, 0.2) is 42.5 Å². The molecular formula is C17H21N2O+. The van der Waals surface area contributed by atoms with E-state index in [1.807, 2.05) is 23.1 Å². The second-order valence-electron chi connectivity index (χ2n) is 5.65. The van der Waals surface area contributed by atoms with Gasteiger partial charge in [-0.2, -0.15) is 0 Å². The minimum absolute atomic E-state index is 0.258. The third kappa shape index (κ3) is 2.68. The van der Waals surface area contributed by atoms with Crippen molar-refractivity contribution in [2.75, 3.05) is 33.2 Å². The summed E-state index contributed by atoms with van der Waals surface area (Å²) < 4.78 is 0. The molecule has 1 N–H and O–H groups in total. The van der Waals surface area contributed by atoms with E-state index in [9.17, 15) is 4.79 Å². The van der Waals surface area contributed by atoms with Crippen LogP contribution >= 0.6 is 0 Å². The first-order valence-corrected chi connectivity index (χ1v) is 7.30. The van der Waals surface area contributed by atoms with Gasteiger partial charge in [-0.3, -0.25) is 4.79 Å². The predicted octanol–water partition coefficient (Wildman–Crippen LogP) is 0.739. The smallest absolute Gasteiger partial charge is 0.227 e. The standard InChI is InChI=1S/C17H20N2O/c1-18-9-11-19(12-10-18)17(20)13-15-7-4-6-14-5-2-3-8-16(14)15/h2-8H,9-13H2,1H3/p+1. The normalized spacial score (nSPS) is 16.6. The van der Waals surface area contributed by atoms with E-state index in [1.54, 1.807) is 0 Å². The fourth-order valence-corrected chi connectivity index (χ4v) is 2.86. The number of amides is 1. The minimum Gasteiger partial charge on any atom is -0.334 e. The van der Waals surface area contributed by atoms with Crippen LogP contribution in [-0.4, -0.2) is 44.0 Å². The van der Waals surface area contributed by atoms with Crippen molar-refractivity contribution in [3.8, 4) is 0 Å². The summed E-state index contributed by atoms with van der Waals surface area (Å²) in [7, 11) is 2.19. The highest BCUT2D eigenvalue weighted by Crippen LogP contribution is 2.19. The maximum absolute atomic E-state index is 12.4. The van der Waals surface area contributed by atoms with Gasteiger partial charge in [0.05, 0.1) is 39.6 Å². The summed E-state index contributed by atoms with van der Waals surface area (Å²) in [6.07, 6.45) is 0.514. The topological polar surface area (TPSA) is 24.8 Å². The lowest BCUT2D eigenvalue weighted by Crippen LogP contribution is -3.12. The molecule has 1 fully saturated rings. The van der Waals surface area contributed by atoms with Crippen LogP contribution in [-0.2, 0) is 11.2 Å². The van der Waals surface area contributed by atoms with Gasteiger partial charge in [0.25, 0.3) is 0 Å². The van der Waals surface area contributed by atoms with E-state index in [4.69, 9.17) is 0 Å². The number of rotatable bonds is 2. The molecule has 1 aliphatic rings. The lowest BCUT2D eigenvalue weighted by atomic mass is 10.0. The molecular weight excluding hydrogens is 248 g/mol. The molecule has 2 aromatic rings. The molecule has 1 aliphatic heterocycles. The quantitative estimate of drug-likeness (QED) is 0.854. The molecule has 0 aliphatic carbocycles. The highest BCUT2D eigenvalue weighted by molar-refractivity contribution is 5.90. The predicted molar refractivity (Wildman–Crippen MR) is 80.9 cm³/mol. The first-order chi connectivity index (χ1) is 9.74. The van der Waals surface area contributed by atoms with Gasteiger partial charge in [-0.25, -0.2) is 0 Å². The fourth-order valence-electron chi connectivity index (χ4n) is 2.86. The maximum Gasteiger partial charge on any atom is 0.227 e. The zero-order valence-electron chi connectivity index (χ0n) is 11.9. The monoisotopic (exact) mass is 269 g/mol. The van der Waals surface area contributed by atoms with Crippen LogP contribution in [0.2, 0.25) is 0 Å². The number of benzene rings is 2. The van der Waals surface area contributed by atoms with Crippen LogP contribution in [0, 0.1) is 0 Å². The third-order valence-corrected chi connectivity index (χ3v) is 4.19. The molecule has 0 spiro atoms. The third-order valence-electron chi connectivity index (χ3n) is 4.19. The molecule has 0 saturated carbocycles. The fraction of sp³-hybridized carbons (Fsp3) is 0.353. The molecule has 0 unspecified atom stereocenters. The van der Waals surface area contributed by atoms with Gasteiger partial charge in [0, 0.05) is 0 Å². The summed E-state index contributed by atoms with van der Waals surface area (Å²) in [5.41, 5.74) is 1.14. The number of nitrogens with zero attached hydrogens (tertiary/aromatic N) is 1. The average molecular weight is 269 g/mol. The number of carbonyl (C=O) groups excluding carboxylic acids is 1. The first-order valence-electron chi connectivity index (χ1n) is 7.30. The largest absolute Gasteiger partial charge is 0.334 e. The SMILES string of the molecule is C[NH+]1CCN(C(=O)Cc2cccc3ccccc23)CC1. The Bertz CT molecular complexity index is 610. The van der Waals surface area contributed by atoms with E-state index in [0.717, 1.165) is 31.7 Å². The molecule has 3 heteroatoms. The van der Waals surface area contributed by atoms with Crippen molar-refractivity contribution in [2.45, 2.75) is 6.42 Å². The Morgan fingerprint density at radius 3 is 2.60 bits per heavy atom. The molecule has 20 heavy (non-hydrogen) atoms. The van der Waals surface area contributed by atoms with Crippen molar-refractivity contribution in [1.29, 1.82) is 0 Å². The van der Waals surface area contributed by atoms with Crippen molar-refractivity contribution in [2.24, 2.45) is 0 Å². The molecule has 1 amide bonds. The number of likely N-dealkylation sites (N-methyl/N-ethyl adjacent to an activating group) is 1. The van der Waals surface area contributed by atoms with E-state index in [2.05, 4.69) is 31.3 Å². The van der Waals surface area contributed by atoms with Crippen molar-refractivity contribution in [1.82, 2.24) is 4.90 Å². The summed E-state index contributed by atoms with van der Waals surface area (Å²) in [6.45, 7) is 3.88. The summed E-state index contributed by atoms with van der Waals surface area (Å²) in [5.74, 6) is 0.258. The van der Waals surface area contributed by atoms with Crippen LogP contribution in [0.4, 0.5) is 0 Å². The van der Waals surface area contributed by atoms with Gasteiger partial charge in [0.1, 0.15) is 0 Å². The van der Waals surface area contributed by atoms with Gasteiger partial charge in [0.15, 0.2) is 0 Å². The second kappa shape index (κ2) is 5.63. The number of piperazine rings is 1. The second-order valence-corrected chi connectivity index (χ2v) is 5.65. The van der Waals surface area contributed by atoms with Crippen LogP contribution in [0.25, 0.3) is 10.8 Å². The van der Waals surface area contributed by atoms with Crippen LogP contribution in [0.1, 0.15) is 5.56 Å². The number of hydrogen-bond donors (Lipinski definition) is 1. The van der Waals surface area contributed by atoms with Gasteiger partial charge in [-0.15, -0.1) is 0 Å². The van der Waals surface area contributed by atoms with E-state index < -0.39 is 0 Å². The lowest BCUT2D eigenvalue weighted by molar-refractivity contribution is -0.883. The van der Waals surface area contributed by atoms with Crippen LogP contribution in [0.5, 0.6) is 0 Å². The van der Waals surface area contributed by atoms with Crippen molar-refractivity contribution >= 4 is 16.7 Å². The lowest BCUT2D eigenvalue weighted by Gasteiger charge is -2.30. The number of quaternary nitrogens is 1. The number of fused-ring (bicyclic) bond motifs is 1. The van der Waals surface area contributed by atoms with Gasteiger partial charge in [-0.1, -0.05) is 42.5 Å². The molecule has 2 aromatic carbocycles. The van der Waals surface area contributed by atoms with Gasteiger partial charge >= 0.3 is 0 Å². The summed E-state index contributed by atoms with van der Waals surface area (Å²) in [4.78, 5) is 16.0. The van der Waals surface area contributed by atoms with Gasteiger partial charge < -0.3 is 9.80 Å². The number of hydrogen-bond acceptors (Lipinski definition) is 1. The Morgan fingerprint density at radius 2 is 1.80 bits per heavy atom. The van der Waals surface area contributed by atoms with Crippen molar-refractivity contribution in [3.63, 3.8) is 0 Å². The van der Waals surface area contributed by atoms with E-state index in [-0.39, 0.29) is 5.91 Å². The molecule has 3 rings (SSSR count). The van der Waals surface area contributed by atoms with E-state index in [1.165, 1.54) is 15.7 Å². The zero-order valence-corrected chi connectivity index (χ0v) is 11.9. The zero-order chi connectivity index (χ0) is 13.9. The molecule has 0 radical (unpaired) electrons. The first kappa shape index (κ1) is 13.1. The molecule has 104 valence electrons. The molecule has 0 aromatic heterocycles. The van der Waals surface area contributed by atoms with Crippen LogP contribution in [0.3, 0.4) is 0 Å². The molecule has 0 bridgehead atoms. The van der Waals surface area contributed by atoms with Crippen LogP contribution < -0.4 is 4.90 Å². The number of carbonyl (C=O) groups is 1. The molecule has 0 atom stereocenters. The Labute approximate surface area is 119 Å². The van der Waals surface area contributed by atoms with Crippen molar-refractivity contribution in [3.05, 3.63) is 48.0 Å². The Balaban J connectivity index is 1.77. The van der Waals surface area contributed by atoms with Gasteiger partial charge in [-0.05, 0) is 16.3 Å². The summed E-state index contributed by atoms with van der Waals surface area (Å²) in [6, 6.07) is 14.5. The van der Waals surface area contributed by atoms with Crippen molar-refractivity contribution < 1.29 is 9.69 Å².